The lowest BCUT2D eigenvalue weighted by Gasteiger charge is -2.42. The van der Waals surface area contributed by atoms with E-state index < -0.39 is 20.0 Å². The van der Waals surface area contributed by atoms with E-state index >= 15 is 0 Å². The van der Waals surface area contributed by atoms with Crippen LogP contribution in [0.25, 0.3) is 0 Å². The minimum absolute atomic E-state index is 0.0326. The number of rotatable bonds is 9. The lowest BCUT2D eigenvalue weighted by atomic mass is 9.68. The van der Waals surface area contributed by atoms with Crippen molar-refractivity contribution in [3.8, 4) is 0 Å². The summed E-state index contributed by atoms with van der Waals surface area (Å²) in [4.78, 5) is 0.0326. The Kier molecular flexibility index (Phi) is 9.22. The summed E-state index contributed by atoms with van der Waals surface area (Å²) >= 11 is 18.9. The Morgan fingerprint density at radius 2 is 1.60 bits per heavy atom. The molecule has 0 aliphatic carbocycles. The highest BCUT2D eigenvalue weighted by Crippen LogP contribution is 2.53. The molecule has 12 heteroatoms. The van der Waals surface area contributed by atoms with Crippen LogP contribution in [0.15, 0.2) is 71.6 Å². The molecular formula is C30H34Cl3N3O4S2. The average molecular weight is 671 g/mol. The fourth-order valence-electron chi connectivity index (χ4n) is 6.66. The van der Waals surface area contributed by atoms with Crippen LogP contribution in [0.2, 0.25) is 15.1 Å². The highest BCUT2D eigenvalue weighted by Gasteiger charge is 2.53. The molecule has 0 amide bonds. The topological polar surface area (TPSA) is 86.8 Å². The summed E-state index contributed by atoms with van der Waals surface area (Å²) in [5.74, 6) is -0.300. The molecule has 42 heavy (non-hydrogen) atoms. The van der Waals surface area contributed by atoms with Gasteiger partial charge >= 0.3 is 0 Å². The van der Waals surface area contributed by atoms with E-state index in [1.165, 1.54) is 23.7 Å². The van der Waals surface area contributed by atoms with E-state index in [4.69, 9.17) is 34.8 Å². The van der Waals surface area contributed by atoms with Crippen LogP contribution in [0.3, 0.4) is 0 Å². The van der Waals surface area contributed by atoms with Crippen molar-refractivity contribution in [1.82, 2.24) is 9.62 Å². The summed E-state index contributed by atoms with van der Waals surface area (Å²) in [6.45, 7) is 1.72. The van der Waals surface area contributed by atoms with E-state index in [9.17, 15) is 16.8 Å². The monoisotopic (exact) mass is 669 g/mol. The minimum atomic E-state index is -3.91. The molecule has 2 aliphatic heterocycles. The Bertz CT molecular complexity index is 1680. The number of nitrogens with one attached hydrogen (secondary N) is 1. The van der Waals surface area contributed by atoms with Crippen molar-refractivity contribution in [3.05, 3.63) is 92.9 Å². The number of hydrogen-bond acceptors (Lipinski definition) is 5. The van der Waals surface area contributed by atoms with Gasteiger partial charge in [-0.25, -0.2) is 21.1 Å². The first-order valence-corrected chi connectivity index (χ1v) is 18.2. The van der Waals surface area contributed by atoms with E-state index in [1.54, 1.807) is 34.6 Å². The number of likely N-dealkylation sites (N-methyl/N-ethyl adjacent to an activating group) is 1. The number of hydrogen-bond donors (Lipinski definition) is 1. The molecule has 1 saturated heterocycles. The number of nitrogens with zero attached hydrogens (tertiary/aromatic N) is 2. The van der Waals surface area contributed by atoms with Gasteiger partial charge in [0.2, 0.25) is 20.0 Å². The van der Waals surface area contributed by atoms with Gasteiger partial charge in [-0.3, -0.25) is 4.31 Å². The zero-order valence-electron chi connectivity index (χ0n) is 23.4. The standard InChI is InChI=1S/C30H34Cl3N3O4S2/c1-35(42(39,40)28-10-6-4-8-25(28)32)20-22(21-11-13-24(31)26(33)19-21)12-14-29-30(15-17-34-18-16-30)23-7-3-5-9-27(23)36(29)41(2,37)38/h3-11,13,19,22,29,34H,12,14-18,20H2,1-2H3/t22-,29?/m1/s1. The van der Waals surface area contributed by atoms with Crippen LogP contribution in [0.1, 0.15) is 42.7 Å². The second kappa shape index (κ2) is 12.3. The Morgan fingerprint density at radius 3 is 2.26 bits per heavy atom. The molecule has 2 heterocycles. The van der Waals surface area contributed by atoms with Gasteiger partial charge in [0, 0.05) is 19.0 Å². The SMILES string of the molecule is CN(C[C@@H](CCC1N(S(C)(=O)=O)c2ccccc2C12CCNCC2)c1ccc(Cl)c(Cl)c1)S(=O)(=O)c1ccccc1Cl. The highest BCUT2D eigenvalue weighted by atomic mass is 35.5. The molecule has 0 saturated carbocycles. The lowest BCUT2D eigenvalue weighted by Crippen LogP contribution is -2.52. The molecule has 1 unspecified atom stereocenters. The summed E-state index contributed by atoms with van der Waals surface area (Å²) < 4.78 is 56.7. The molecule has 3 aromatic carbocycles. The Balaban J connectivity index is 1.51. The molecule has 2 atom stereocenters. The van der Waals surface area contributed by atoms with Crippen molar-refractivity contribution < 1.29 is 16.8 Å². The number of fused-ring (bicyclic) bond motifs is 2. The molecule has 1 N–H and O–H groups in total. The normalized spacial score (nSPS) is 19.3. The maximum Gasteiger partial charge on any atom is 0.244 e. The van der Waals surface area contributed by atoms with Gasteiger partial charge in [0.05, 0.1) is 33.1 Å². The fourth-order valence-corrected chi connectivity index (χ4v) is 9.95. The van der Waals surface area contributed by atoms with Crippen molar-refractivity contribution in [3.63, 3.8) is 0 Å². The third-order valence-corrected chi connectivity index (χ3v) is 12.9. The van der Waals surface area contributed by atoms with Crippen LogP contribution in [-0.4, -0.2) is 60.1 Å². The number of sulfonamides is 2. The first-order valence-electron chi connectivity index (χ1n) is 13.8. The van der Waals surface area contributed by atoms with E-state index in [1.807, 2.05) is 24.3 Å². The Labute approximate surface area is 263 Å². The predicted molar refractivity (Wildman–Crippen MR) is 171 cm³/mol. The fraction of sp³-hybridized carbons (Fsp3) is 0.400. The van der Waals surface area contributed by atoms with Crippen LogP contribution >= 0.6 is 34.8 Å². The van der Waals surface area contributed by atoms with E-state index in [0.717, 1.165) is 42.7 Å². The molecule has 3 aromatic rings. The van der Waals surface area contributed by atoms with E-state index in [2.05, 4.69) is 11.4 Å². The average Bonchev–Trinajstić information content (AvgIpc) is 3.22. The zero-order chi connectivity index (χ0) is 30.3. The van der Waals surface area contributed by atoms with Crippen LogP contribution < -0.4 is 9.62 Å². The minimum Gasteiger partial charge on any atom is -0.317 e. The van der Waals surface area contributed by atoms with E-state index in [0.29, 0.717) is 22.9 Å². The van der Waals surface area contributed by atoms with Crippen molar-refractivity contribution in [2.24, 2.45) is 0 Å². The maximum atomic E-state index is 13.6. The molecule has 5 rings (SSSR count). The van der Waals surface area contributed by atoms with Gasteiger partial charge in [-0.1, -0.05) is 71.2 Å². The van der Waals surface area contributed by atoms with Crippen molar-refractivity contribution in [2.75, 3.05) is 37.2 Å². The number of halogens is 3. The van der Waals surface area contributed by atoms with Gasteiger partial charge < -0.3 is 5.32 Å². The van der Waals surface area contributed by atoms with Crippen molar-refractivity contribution >= 4 is 60.5 Å². The third kappa shape index (κ3) is 5.94. The largest absolute Gasteiger partial charge is 0.317 e. The van der Waals surface area contributed by atoms with Crippen LogP contribution in [0, 0.1) is 0 Å². The quantitative estimate of drug-likeness (QED) is 0.289. The molecule has 7 nitrogen and oxygen atoms in total. The predicted octanol–water partition coefficient (Wildman–Crippen LogP) is 6.30. The molecule has 2 aliphatic rings. The third-order valence-electron chi connectivity index (χ3n) is 8.66. The Morgan fingerprint density at radius 1 is 0.929 bits per heavy atom. The lowest BCUT2D eigenvalue weighted by molar-refractivity contribution is 0.257. The van der Waals surface area contributed by atoms with Crippen LogP contribution in [-0.2, 0) is 25.5 Å². The van der Waals surface area contributed by atoms with Gasteiger partial charge in [-0.2, -0.15) is 0 Å². The zero-order valence-corrected chi connectivity index (χ0v) is 27.3. The number of anilines is 1. The molecular weight excluding hydrogens is 637 g/mol. The summed E-state index contributed by atoms with van der Waals surface area (Å²) in [7, 11) is -5.97. The number of para-hydroxylation sites is 1. The second-order valence-corrected chi connectivity index (χ2v) is 16.3. The summed E-state index contributed by atoms with van der Waals surface area (Å²) in [6, 6.07) is 19.2. The molecule has 0 radical (unpaired) electrons. The number of piperidine rings is 1. The van der Waals surface area contributed by atoms with Gasteiger partial charge in [0.1, 0.15) is 4.90 Å². The smallest absolute Gasteiger partial charge is 0.244 e. The molecule has 226 valence electrons. The van der Waals surface area contributed by atoms with Gasteiger partial charge in [-0.05, 0) is 86.1 Å². The van der Waals surface area contributed by atoms with Crippen molar-refractivity contribution in [2.45, 2.75) is 48.0 Å². The van der Waals surface area contributed by atoms with E-state index in [-0.39, 0.29) is 33.8 Å². The van der Waals surface area contributed by atoms with Crippen LogP contribution in [0.4, 0.5) is 5.69 Å². The summed E-state index contributed by atoms with van der Waals surface area (Å²) in [5, 5.41) is 4.35. The second-order valence-electron chi connectivity index (χ2n) is 11.2. The maximum absolute atomic E-state index is 13.6. The van der Waals surface area contributed by atoms with Gasteiger partial charge in [0.15, 0.2) is 0 Å². The first kappa shape index (κ1) is 31.6. The first-order chi connectivity index (χ1) is 19.9. The highest BCUT2D eigenvalue weighted by molar-refractivity contribution is 7.92. The molecule has 1 fully saturated rings. The van der Waals surface area contributed by atoms with Gasteiger partial charge in [-0.15, -0.1) is 0 Å². The van der Waals surface area contributed by atoms with Gasteiger partial charge in [0.25, 0.3) is 0 Å². The Hall–Kier alpha value is -1.85. The molecule has 0 bridgehead atoms. The molecule has 0 aromatic heterocycles. The summed E-state index contributed by atoms with van der Waals surface area (Å²) in [5.41, 5.74) is 2.28. The van der Waals surface area contributed by atoms with Crippen molar-refractivity contribution in [1.29, 1.82) is 0 Å². The van der Waals surface area contributed by atoms with Crippen LogP contribution in [0.5, 0.6) is 0 Å². The summed E-state index contributed by atoms with van der Waals surface area (Å²) in [6.07, 6.45) is 3.90. The molecule has 1 spiro atoms. The number of benzene rings is 3.